The van der Waals surface area contributed by atoms with Crippen LogP contribution in [0.1, 0.15) is 44.5 Å². The van der Waals surface area contributed by atoms with E-state index in [4.69, 9.17) is 4.74 Å². The van der Waals surface area contributed by atoms with Crippen LogP contribution in [0, 0.1) is 6.92 Å². The molecule has 0 fully saturated rings. The van der Waals surface area contributed by atoms with Crippen molar-refractivity contribution in [2.75, 3.05) is 19.4 Å². The molecule has 1 aromatic rings. The Balaban J connectivity index is 2.31. The van der Waals surface area contributed by atoms with E-state index in [0.717, 1.165) is 47.3 Å². The molecule has 1 unspecified atom stereocenters. The van der Waals surface area contributed by atoms with Gasteiger partial charge in [-0.05, 0) is 39.7 Å². The lowest BCUT2D eigenvalue weighted by Crippen LogP contribution is -2.50. The van der Waals surface area contributed by atoms with Gasteiger partial charge in [0, 0.05) is 5.75 Å². The lowest BCUT2D eigenvalue weighted by Gasteiger charge is -2.28. The zero-order valence-electron chi connectivity index (χ0n) is 13.3. The lowest BCUT2D eigenvalue weighted by atomic mass is 9.95. The molecule has 1 rings (SSSR count). The molecule has 0 aromatic carbocycles. The standard InChI is InChI=1S/C14H25N3O2S2/c1-5-9-15-14(3,12(18)19-4)8-6-7-10-20-13-17-16-11(2)21-13/h15H,5-10H2,1-4H3. The molecule has 0 aliphatic rings. The van der Waals surface area contributed by atoms with E-state index in [1.807, 2.05) is 13.8 Å². The van der Waals surface area contributed by atoms with Crippen LogP contribution in [0.4, 0.5) is 0 Å². The zero-order valence-corrected chi connectivity index (χ0v) is 14.9. The molecule has 1 N–H and O–H groups in total. The van der Waals surface area contributed by atoms with Gasteiger partial charge in [-0.15, -0.1) is 10.2 Å². The van der Waals surface area contributed by atoms with Crippen LogP contribution >= 0.6 is 23.1 Å². The number of carbonyl (C=O) groups excluding carboxylic acids is 1. The second kappa shape index (κ2) is 9.38. The number of nitrogens with zero attached hydrogens (tertiary/aromatic N) is 2. The van der Waals surface area contributed by atoms with Crippen molar-refractivity contribution in [1.29, 1.82) is 0 Å². The first-order valence-corrected chi connectivity index (χ1v) is 9.08. The maximum atomic E-state index is 11.9. The fourth-order valence-electron chi connectivity index (χ4n) is 1.97. The Hall–Kier alpha value is -0.660. The summed E-state index contributed by atoms with van der Waals surface area (Å²) in [7, 11) is 1.45. The van der Waals surface area contributed by atoms with E-state index in [9.17, 15) is 4.79 Å². The van der Waals surface area contributed by atoms with Crippen LogP contribution in [0.2, 0.25) is 0 Å². The maximum absolute atomic E-state index is 11.9. The third-order valence-corrected chi connectivity index (χ3v) is 5.26. The number of unbranched alkanes of at least 4 members (excludes halogenated alkanes) is 1. The van der Waals surface area contributed by atoms with Gasteiger partial charge >= 0.3 is 5.97 Å². The molecule has 1 aromatic heterocycles. The summed E-state index contributed by atoms with van der Waals surface area (Å²) < 4.78 is 5.94. The van der Waals surface area contributed by atoms with E-state index in [-0.39, 0.29) is 5.97 Å². The molecule has 0 radical (unpaired) electrons. The van der Waals surface area contributed by atoms with E-state index in [1.165, 1.54) is 7.11 Å². The minimum atomic E-state index is -0.575. The second-order valence-electron chi connectivity index (χ2n) is 5.14. The fourth-order valence-corrected chi connectivity index (χ4v) is 3.85. The number of thioether (sulfide) groups is 1. The van der Waals surface area contributed by atoms with E-state index < -0.39 is 5.54 Å². The Kier molecular flexibility index (Phi) is 8.21. The molecule has 0 spiro atoms. The highest BCUT2D eigenvalue weighted by Gasteiger charge is 2.32. The summed E-state index contributed by atoms with van der Waals surface area (Å²) in [4.78, 5) is 11.9. The summed E-state index contributed by atoms with van der Waals surface area (Å²) in [5.41, 5.74) is -0.575. The molecule has 0 saturated carbocycles. The molecule has 0 bridgehead atoms. The first kappa shape index (κ1) is 18.4. The highest BCUT2D eigenvalue weighted by atomic mass is 32.2. The van der Waals surface area contributed by atoms with Crippen molar-refractivity contribution >= 4 is 29.1 Å². The second-order valence-corrected chi connectivity index (χ2v) is 7.67. The number of carbonyl (C=O) groups is 1. The Morgan fingerprint density at radius 2 is 2.19 bits per heavy atom. The molecular formula is C14H25N3O2S2. The highest BCUT2D eigenvalue weighted by Crippen LogP contribution is 2.24. The summed E-state index contributed by atoms with van der Waals surface area (Å²) in [6.07, 6.45) is 3.81. The summed E-state index contributed by atoms with van der Waals surface area (Å²) >= 11 is 3.36. The van der Waals surface area contributed by atoms with E-state index in [1.54, 1.807) is 23.1 Å². The molecule has 0 aliphatic heterocycles. The van der Waals surface area contributed by atoms with Gasteiger partial charge in [-0.2, -0.15) is 0 Å². The minimum Gasteiger partial charge on any atom is -0.468 e. The largest absolute Gasteiger partial charge is 0.468 e. The number of nitrogens with one attached hydrogen (secondary N) is 1. The van der Waals surface area contributed by atoms with Crippen molar-refractivity contribution < 1.29 is 9.53 Å². The van der Waals surface area contributed by atoms with Crippen molar-refractivity contribution in [2.45, 2.75) is 56.3 Å². The smallest absolute Gasteiger partial charge is 0.325 e. The average Bonchev–Trinajstić information content (AvgIpc) is 2.89. The van der Waals surface area contributed by atoms with Crippen LogP contribution in [0.15, 0.2) is 4.34 Å². The van der Waals surface area contributed by atoms with Crippen molar-refractivity contribution in [3.05, 3.63) is 5.01 Å². The third-order valence-electron chi connectivity index (χ3n) is 3.21. The van der Waals surface area contributed by atoms with Crippen molar-refractivity contribution in [2.24, 2.45) is 0 Å². The molecule has 0 aliphatic carbocycles. The van der Waals surface area contributed by atoms with Gasteiger partial charge in [-0.25, -0.2) is 0 Å². The Morgan fingerprint density at radius 1 is 1.43 bits per heavy atom. The van der Waals surface area contributed by atoms with Crippen molar-refractivity contribution in [3.8, 4) is 0 Å². The predicted octanol–water partition coefficient (Wildman–Crippen LogP) is 3.04. The molecule has 1 heterocycles. The van der Waals surface area contributed by atoms with Gasteiger partial charge in [0.25, 0.3) is 0 Å². The molecule has 0 saturated heterocycles. The van der Waals surface area contributed by atoms with E-state index >= 15 is 0 Å². The molecule has 7 heteroatoms. The quantitative estimate of drug-likeness (QED) is 0.404. The number of aromatic nitrogens is 2. The number of hydrogen-bond donors (Lipinski definition) is 1. The maximum Gasteiger partial charge on any atom is 0.325 e. The molecule has 0 amide bonds. The van der Waals surface area contributed by atoms with E-state index in [0.29, 0.717) is 0 Å². The van der Waals surface area contributed by atoms with Crippen molar-refractivity contribution in [3.63, 3.8) is 0 Å². The molecule has 1 atom stereocenters. The summed E-state index contributed by atoms with van der Waals surface area (Å²) in [5, 5.41) is 12.4. The predicted molar refractivity (Wildman–Crippen MR) is 87.9 cm³/mol. The van der Waals surface area contributed by atoms with Crippen LogP contribution in [-0.4, -0.2) is 41.1 Å². The number of methoxy groups -OCH3 is 1. The van der Waals surface area contributed by atoms with Crippen molar-refractivity contribution in [1.82, 2.24) is 15.5 Å². The van der Waals surface area contributed by atoms with Crippen LogP contribution in [0.3, 0.4) is 0 Å². The number of aryl methyl sites for hydroxylation is 1. The van der Waals surface area contributed by atoms with Gasteiger partial charge in [0.15, 0.2) is 4.34 Å². The summed E-state index contributed by atoms with van der Waals surface area (Å²) in [6, 6.07) is 0. The number of rotatable bonds is 10. The minimum absolute atomic E-state index is 0.177. The normalized spacial score (nSPS) is 13.9. The number of ether oxygens (including phenoxy) is 1. The van der Waals surface area contributed by atoms with Gasteiger partial charge in [0.05, 0.1) is 7.11 Å². The Labute approximate surface area is 135 Å². The summed E-state index contributed by atoms with van der Waals surface area (Å²) in [6.45, 7) is 6.80. The Morgan fingerprint density at radius 3 is 2.76 bits per heavy atom. The topological polar surface area (TPSA) is 64.1 Å². The molecule has 120 valence electrons. The molecular weight excluding hydrogens is 306 g/mol. The van der Waals surface area contributed by atoms with Gasteiger partial charge in [0.1, 0.15) is 10.5 Å². The lowest BCUT2D eigenvalue weighted by molar-refractivity contribution is -0.148. The molecule has 21 heavy (non-hydrogen) atoms. The number of hydrogen-bond acceptors (Lipinski definition) is 7. The first-order chi connectivity index (χ1) is 10.0. The van der Waals surface area contributed by atoms with Crippen LogP contribution in [-0.2, 0) is 9.53 Å². The summed E-state index contributed by atoms with van der Waals surface area (Å²) in [5.74, 6) is 0.822. The van der Waals surface area contributed by atoms with Gasteiger partial charge < -0.3 is 10.1 Å². The SMILES string of the molecule is CCCNC(C)(CCCCSc1nnc(C)s1)C(=O)OC. The van der Waals surface area contributed by atoms with Crippen LogP contribution in [0.25, 0.3) is 0 Å². The fraction of sp³-hybridized carbons (Fsp3) is 0.786. The zero-order chi connectivity index (χ0) is 15.7. The van der Waals surface area contributed by atoms with Crippen LogP contribution < -0.4 is 5.32 Å². The van der Waals surface area contributed by atoms with Crippen LogP contribution in [0.5, 0.6) is 0 Å². The first-order valence-electron chi connectivity index (χ1n) is 7.28. The number of esters is 1. The monoisotopic (exact) mass is 331 g/mol. The third kappa shape index (κ3) is 6.32. The van der Waals surface area contributed by atoms with E-state index in [2.05, 4.69) is 22.4 Å². The Bertz CT molecular complexity index is 440. The highest BCUT2D eigenvalue weighted by molar-refractivity contribution is 8.01. The van der Waals surface area contributed by atoms with Gasteiger partial charge in [-0.3, -0.25) is 4.79 Å². The average molecular weight is 332 g/mol. The van der Waals surface area contributed by atoms with Gasteiger partial charge in [-0.1, -0.05) is 36.4 Å². The van der Waals surface area contributed by atoms with Gasteiger partial charge in [0.2, 0.25) is 0 Å². The molecule has 5 nitrogen and oxygen atoms in total.